The molecular formula is C26H27NO3S. The Kier molecular flexibility index (Phi) is 5.99. The third kappa shape index (κ3) is 4.03. The van der Waals surface area contributed by atoms with E-state index in [4.69, 9.17) is 4.84 Å². The fraction of sp³-hybridized carbons (Fsp3) is 0.231. The largest absolute Gasteiger partial charge is 0.286 e. The molecule has 0 aliphatic carbocycles. The first-order valence-electron chi connectivity index (χ1n) is 10.6. The fourth-order valence-electron chi connectivity index (χ4n) is 3.84. The van der Waals surface area contributed by atoms with Crippen LogP contribution in [0.1, 0.15) is 42.9 Å². The molecule has 5 heteroatoms. The molecule has 4 nitrogen and oxygen atoms in total. The first-order chi connectivity index (χ1) is 15.0. The van der Waals surface area contributed by atoms with Crippen LogP contribution in [-0.2, 0) is 20.5 Å². The van der Waals surface area contributed by atoms with E-state index in [0.717, 1.165) is 34.0 Å². The van der Waals surface area contributed by atoms with Crippen LogP contribution in [0.25, 0.3) is 0 Å². The quantitative estimate of drug-likeness (QED) is 0.463. The van der Waals surface area contributed by atoms with Crippen LogP contribution in [-0.4, -0.2) is 12.9 Å². The second kappa shape index (κ2) is 8.69. The molecular weight excluding hydrogens is 406 g/mol. The van der Waals surface area contributed by atoms with Gasteiger partial charge in [-0.2, -0.15) is 8.42 Å². The maximum absolute atomic E-state index is 13.6. The van der Waals surface area contributed by atoms with Gasteiger partial charge < -0.3 is 0 Å². The molecule has 0 amide bonds. The number of rotatable bonds is 7. The number of hydroxylamine groups is 1. The summed E-state index contributed by atoms with van der Waals surface area (Å²) in [7, 11) is -3.88. The predicted molar refractivity (Wildman–Crippen MR) is 123 cm³/mol. The molecule has 0 bridgehead atoms. The summed E-state index contributed by atoms with van der Waals surface area (Å²) in [5.74, 6) is 0. The third-order valence-electron chi connectivity index (χ3n) is 5.56. The lowest BCUT2D eigenvalue weighted by atomic mass is 9.85. The van der Waals surface area contributed by atoms with Crippen LogP contribution >= 0.6 is 0 Å². The van der Waals surface area contributed by atoms with Crippen molar-refractivity contribution >= 4 is 10.0 Å². The molecule has 160 valence electrons. The first-order valence-corrected chi connectivity index (χ1v) is 12.1. The lowest BCUT2D eigenvalue weighted by Crippen LogP contribution is -2.34. The minimum absolute atomic E-state index is 0.220. The number of benzene rings is 3. The number of hydrogen-bond acceptors (Lipinski definition) is 3. The SMILES string of the molecule is CCCCC1=CC(c2ccccc2)(c2ccccc2)ON1S(=O)(=O)c1ccc(C)cc1. The van der Waals surface area contributed by atoms with Crippen molar-refractivity contribution in [2.45, 2.75) is 43.6 Å². The smallest absolute Gasteiger partial charge is 0.238 e. The van der Waals surface area contributed by atoms with Crippen molar-refractivity contribution in [3.05, 3.63) is 113 Å². The Bertz CT molecular complexity index is 1110. The van der Waals surface area contributed by atoms with Gasteiger partial charge in [-0.25, -0.2) is 4.84 Å². The fourth-order valence-corrected chi connectivity index (χ4v) is 5.18. The molecule has 0 atom stereocenters. The first kappa shape index (κ1) is 21.3. The number of sulfonamides is 1. The van der Waals surface area contributed by atoms with E-state index >= 15 is 0 Å². The number of hydrogen-bond donors (Lipinski definition) is 0. The topological polar surface area (TPSA) is 46.6 Å². The Hall–Kier alpha value is -2.89. The van der Waals surface area contributed by atoms with Crippen molar-refractivity contribution in [2.75, 3.05) is 0 Å². The van der Waals surface area contributed by atoms with Crippen LogP contribution < -0.4 is 0 Å². The van der Waals surface area contributed by atoms with Crippen LogP contribution in [0.3, 0.4) is 0 Å². The summed E-state index contributed by atoms with van der Waals surface area (Å²) >= 11 is 0. The maximum atomic E-state index is 13.6. The number of allylic oxidation sites excluding steroid dienone is 1. The van der Waals surface area contributed by atoms with Crippen molar-refractivity contribution in [1.29, 1.82) is 0 Å². The normalized spacial score (nSPS) is 15.7. The van der Waals surface area contributed by atoms with Crippen molar-refractivity contribution in [3.63, 3.8) is 0 Å². The van der Waals surface area contributed by atoms with Crippen LogP contribution in [0.15, 0.2) is 102 Å². The molecule has 0 N–H and O–H groups in total. The number of nitrogens with zero attached hydrogens (tertiary/aromatic N) is 1. The van der Waals surface area contributed by atoms with E-state index in [2.05, 4.69) is 6.92 Å². The van der Waals surface area contributed by atoms with Crippen molar-refractivity contribution in [2.24, 2.45) is 0 Å². The summed E-state index contributed by atoms with van der Waals surface area (Å²) in [5, 5.41) is 0. The Balaban J connectivity index is 1.87. The molecule has 31 heavy (non-hydrogen) atoms. The molecule has 1 aliphatic rings. The van der Waals surface area contributed by atoms with Gasteiger partial charge in [0.25, 0.3) is 10.0 Å². The van der Waals surface area contributed by atoms with Gasteiger partial charge in [0.2, 0.25) is 0 Å². The zero-order valence-electron chi connectivity index (χ0n) is 17.9. The molecule has 3 aromatic carbocycles. The van der Waals surface area contributed by atoms with Crippen LogP contribution in [0.5, 0.6) is 0 Å². The predicted octanol–water partition coefficient (Wildman–Crippen LogP) is 5.95. The monoisotopic (exact) mass is 433 g/mol. The highest BCUT2D eigenvalue weighted by Crippen LogP contribution is 2.45. The molecule has 4 rings (SSSR count). The summed E-state index contributed by atoms with van der Waals surface area (Å²) in [6, 6.07) is 26.4. The van der Waals surface area contributed by atoms with Crippen molar-refractivity contribution in [1.82, 2.24) is 4.47 Å². The van der Waals surface area contributed by atoms with E-state index in [9.17, 15) is 8.42 Å². The second-order valence-corrected chi connectivity index (χ2v) is 9.60. The Morgan fingerprint density at radius 3 is 1.90 bits per heavy atom. The Morgan fingerprint density at radius 2 is 1.39 bits per heavy atom. The van der Waals surface area contributed by atoms with Gasteiger partial charge in [-0.3, -0.25) is 0 Å². The molecule has 0 unspecified atom stereocenters. The third-order valence-corrected chi connectivity index (χ3v) is 7.17. The van der Waals surface area contributed by atoms with E-state index < -0.39 is 15.6 Å². The van der Waals surface area contributed by atoms with Gasteiger partial charge in [0, 0.05) is 0 Å². The standard InChI is InChI=1S/C26H27NO3S/c1-3-4-15-24-20-26(22-11-7-5-8-12-22,23-13-9-6-10-14-23)30-27(24)31(28,29)25-18-16-21(2)17-19-25/h5-14,16-20H,3-4,15H2,1-2H3. The van der Waals surface area contributed by atoms with Gasteiger partial charge in [0.15, 0.2) is 5.60 Å². The van der Waals surface area contributed by atoms with Crippen molar-refractivity contribution < 1.29 is 13.3 Å². The average Bonchev–Trinajstić information content (AvgIpc) is 3.21. The molecule has 0 fully saturated rings. The summed E-state index contributed by atoms with van der Waals surface area (Å²) in [6.07, 6.45) is 4.41. The van der Waals surface area contributed by atoms with Crippen LogP contribution in [0.2, 0.25) is 0 Å². The zero-order chi connectivity index (χ0) is 21.9. The highest BCUT2D eigenvalue weighted by atomic mass is 32.2. The van der Waals surface area contributed by atoms with Gasteiger partial charge in [-0.05, 0) is 49.1 Å². The molecule has 0 spiro atoms. The second-order valence-electron chi connectivity index (χ2n) is 7.84. The van der Waals surface area contributed by atoms with E-state index in [0.29, 0.717) is 12.1 Å². The molecule has 1 heterocycles. The summed E-state index contributed by atoms with van der Waals surface area (Å²) < 4.78 is 28.4. The lowest BCUT2D eigenvalue weighted by Gasteiger charge is -2.30. The van der Waals surface area contributed by atoms with Gasteiger partial charge in [0.1, 0.15) is 0 Å². The lowest BCUT2D eigenvalue weighted by molar-refractivity contribution is -0.115. The highest BCUT2D eigenvalue weighted by Gasteiger charge is 2.46. The molecule has 3 aromatic rings. The molecule has 0 saturated carbocycles. The van der Waals surface area contributed by atoms with E-state index in [-0.39, 0.29) is 4.90 Å². The summed E-state index contributed by atoms with van der Waals surface area (Å²) in [4.78, 5) is 6.65. The molecule has 1 aliphatic heterocycles. The van der Waals surface area contributed by atoms with E-state index in [1.807, 2.05) is 73.7 Å². The van der Waals surface area contributed by atoms with Gasteiger partial charge in [-0.1, -0.05) is 91.7 Å². The van der Waals surface area contributed by atoms with Crippen LogP contribution in [0.4, 0.5) is 0 Å². The minimum Gasteiger partial charge on any atom is -0.238 e. The van der Waals surface area contributed by atoms with Gasteiger partial charge >= 0.3 is 0 Å². The average molecular weight is 434 g/mol. The van der Waals surface area contributed by atoms with E-state index in [1.165, 1.54) is 0 Å². The summed E-state index contributed by atoms with van der Waals surface area (Å²) in [5.41, 5.74) is 2.43. The Labute approximate surface area is 184 Å². The number of unbranched alkanes of at least 4 members (excludes halogenated alkanes) is 1. The van der Waals surface area contributed by atoms with Crippen LogP contribution in [0, 0.1) is 6.92 Å². The molecule has 0 aromatic heterocycles. The summed E-state index contributed by atoms with van der Waals surface area (Å²) in [6.45, 7) is 4.03. The molecule has 0 saturated heterocycles. The molecule has 0 radical (unpaired) electrons. The van der Waals surface area contributed by atoms with Gasteiger partial charge in [0.05, 0.1) is 10.6 Å². The maximum Gasteiger partial charge on any atom is 0.286 e. The zero-order valence-corrected chi connectivity index (χ0v) is 18.7. The van der Waals surface area contributed by atoms with E-state index in [1.54, 1.807) is 24.3 Å². The minimum atomic E-state index is -3.88. The van der Waals surface area contributed by atoms with Crippen molar-refractivity contribution in [3.8, 4) is 0 Å². The highest BCUT2D eigenvalue weighted by molar-refractivity contribution is 7.89. The number of aryl methyl sites for hydroxylation is 1. The Morgan fingerprint density at radius 1 is 0.839 bits per heavy atom. The van der Waals surface area contributed by atoms with Gasteiger partial charge in [-0.15, -0.1) is 4.47 Å².